The van der Waals surface area contributed by atoms with Crippen molar-refractivity contribution in [2.45, 2.75) is 40.2 Å². The lowest BCUT2D eigenvalue weighted by Crippen LogP contribution is -2.37. The third kappa shape index (κ3) is 5.02. The Morgan fingerprint density at radius 1 is 1.23 bits per heavy atom. The normalized spacial score (nSPS) is 16.6. The molecular formula is C11H24BrN. The van der Waals surface area contributed by atoms with E-state index in [0.29, 0.717) is 6.04 Å². The van der Waals surface area contributed by atoms with Gasteiger partial charge in [-0.3, -0.25) is 0 Å². The fraction of sp³-hybridized carbons (Fsp3) is 1.00. The van der Waals surface area contributed by atoms with Crippen LogP contribution >= 0.6 is 15.9 Å². The number of halogens is 1. The SMILES string of the molecule is CCC(CBr)CN(C)C(C)C(C)C. The zero-order valence-corrected chi connectivity index (χ0v) is 11.3. The molecule has 0 spiro atoms. The topological polar surface area (TPSA) is 3.24 Å². The Bertz CT molecular complexity index is 121. The predicted octanol–water partition coefficient (Wildman–Crippen LogP) is 3.38. The molecule has 0 heterocycles. The fourth-order valence-electron chi connectivity index (χ4n) is 1.37. The van der Waals surface area contributed by atoms with Crippen molar-refractivity contribution in [3.8, 4) is 0 Å². The second-order valence-electron chi connectivity index (χ2n) is 4.35. The molecule has 0 N–H and O–H groups in total. The number of rotatable bonds is 6. The molecule has 0 saturated heterocycles. The molecule has 0 aliphatic carbocycles. The number of alkyl halides is 1. The van der Waals surface area contributed by atoms with E-state index in [1.807, 2.05) is 0 Å². The van der Waals surface area contributed by atoms with Crippen molar-refractivity contribution in [3.05, 3.63) is 0 Å². The highest BCUT2D eigenvalue weighted by molar-refractivity contribution is 9.09. The summed E-state index contributed by atoms with van der Waals surface area (Å²) in [6.45, 7) is 10.4. The van der Waals surface area contributed by atoms with Crippen LogP contribution in [0.2, 0.25) is 0 Å². The molecule has 2 unspecified atom stereocenters. The molecule has 2 atom stereocenters. The lowest BCUT2D eigenvalue weighted by atomic mass is 10.0. The van der Waals surface area contributed by atoms with E-state index in [0.717, 1.165) is 17.2 Å². The maximum Gasteiger partial charge on any atom is 0.00870 e. The van der Waals surface area contributed by atoms with Crippen LogP contribution in [0.1, 0.15) is 34.1 Å². The van der Waals surface area contributed by atoms with Gasteiger partial charge in [0.15, 0.2) is 0 Å². The number of nitrogens with zero attached hydrogens (tertiary/aromatic N) is 1. The van der Waals surface area contributed by atoms with Crippen LogP contribution in [0.5, 0.6) is 0 Å². The Hall–Kier alpha value is 0.440. The maximum atomic E-state index is 3.56. The maximum absolute atomic E-state index is 3.56. The summed E-state index contributed by atoms with van der Waals surface area (Å²) in [5.74, 6) is 1.55. The van der Waals surface area contributed by atoms with Crippen LogP contribution in [0.25, 0.3) is 0 Å². The average molecular weight is 250 g/mol. The number of hydrogen-bond acceptors (Lipinski definition) is 1. The van der Waals surface area contributed by atoms with Gasteiger partial charge >= 0.3 is 0 Å². The van der Waals surface area contributed by atoms with Crippen LogP contribution in [-0.4, -0.2) is 29.9 Å². The lowest BCUT2D eigenvalue weighted by molar-refractivity contribution is 0.183. The molecule has 0 aliphatic rings. The molecule has 0 amide bonds. The van der Waals surface area contributed by atoms with Gasteiger partial charge in [0.05, 0.1) is 0 Å². The van der Waals surface area contributed by atoms with Gasteiger partial charge in [0.2, 0.25) is 0 Å². The van der Waals surface area contributed by atoms with E-state index < -0.39 is 0 Å². The van der Waals surface area contributed by atoms with Crippen molar-refractivity contribution in [1.29, 1.82) is 0 Å². The summed E-state index contributed by atoms with van der Waals surface area (Å²) in [5.41, 5.74) is 0. The smallest absolute Gasteiger partial charge is 0.00870 e. The van der Waals surface area contributed by atoms with Gasteiger partial charge in [0.1, 0.15) is 0 Å². The molecule has 0 aromatic rings. The Kier molecular flexibility index (Phi) is 7.06. The zero-order chi connectivity index (χ0) is 10.4. The van der Waals surface area contributed by atoms with Crippen LogP contribution in [0, 0.1) is 11.8 Å². The minimum Gasteiger partial charge on any atom is -0.303 e. The Labute approximate surface area is 92.0 Å². The summed E-state index contributed by atoms with van der Waals surface area (Å²) < 4.78 is 0. The third-order valence-electron chi connectivity index (χ3n) is 3.00. The van der Waals surface area contributed by atoms with Crippen LogP contribution in [0.3, 0.4) is 0 Å². The summed E-state index contributed by atoms with van der Waals surface area (Å²) >= 11 is 3.56. The molecule has 0 aromatic heterocycles. The molecule has 0 bridgehead atoms. The molecule has 0 fully saturated rings. The Morgan fingerprint density at radius 2 is 1.77 bits per heavy atom. The summed E-state index contributed by atoms with van der Waals surface area (Å²) in [5, 5.41) is 1.12. The lowest BCUT2D eigenvalue weighted by Gasteiger charge is -2.30. The minimum atomic E-state index is 0.688. The van der Waals surface area contributed by atoms with Crippen molar-refractivity contribution in [2.75, 3.05) is 18.9 Å². The second-order valence-corrected chi connectivity index (χ2v) is 5.00. The molecular weight excluding hydrogens is 226 g/mol. The first-order chi connectivity index (χ1) is 6.02. The largest absolute Gasteiger partial charge is 0.303 e. The van der Waals surface area contributed by atoms with E-state index >= 15 is 0 Å². The van der Waals surface area contributed by atoms with Crippen LogP contribution in [-0.2, 0) is 0 Å². The van der Waals surface area contributed by atoms with Crippen LogP contribution in [0.15, 0.2) is 0 Å². The highest BCUT2D eigenvalue weighted by Crippen LogP contribution is 2.13. The quantitative estimate of drug-likeness (QED) is 0.653. The first kappa shape index (κ1) is 13.4. The van der Waals surface area contributed by atoms with Gasteiger partial charge in [-0.2, -0.15) is 0 Å². The van der Waals surface area contributed by atoms with Gasteiger partial charge in [0, 0.05) is 17.9 Å². The van der Waals surface area contributed by atoms with Gasteiger partial charge in [0.25, 0.3) is 0 Å². The van der Waals surface area contributed by atoms with Gasteiger partial charge in [-0.25, -0.2) is 0 Å². The van der Waals surface area contributed by atoms with Crippen molar-refractivity contribution in [2.24, 2.45) is 11.8 Å². The van der Waals surface area contributed by atoms with Crippen LogP contribution < -0.4 is 0 Å². The first-order valence-electron chi connectivity index (χ1n) is 5.29. The van der Waals surface area contributed by atoms with E-state index in [2.05, 4.69) is 55.6 Å². The highest BCUT2D eigenvalue weighted by atomic mass is 79.9. The van der Waals surface area contributed by atoms with Gasteiger partial charge in [-0.1, -0.05) is 43.1 Å². The molecule has 1 nitrogen and oxygen atoms in total. The molecule has 80 valence electrons. The first-order valence-corrected chi connectivity index (χ1v) is 6.41. The van der Waals surface area contributed by atoms with E-state index in [1.54, 1.807) is 0 Å². The van der Waals surface area contributed by atoms with Gasteiger partial charge in [-0.15, -0.1) is 0 Å². The van der Waals surface area contributed by atoms with Crippen LogP contribution in [0.4, 0.5) is 0 Å². The Balaban J connectivity index is 3.89. The van der Waals surface area contributed by atoms with Gasteiger partial charge in [-0.05, 0) is 25.8 Å². The number of hydrogen-bond donors (Lipinski definition) is 0. The molecule has 0 radical (unpaired) electrons. The van der Waals surface area contributed by atoms with Gasteiger partial charge < -0.3 is 4.90 Å². The minimum absolute atomic E-state index is 0.688. The summed E-state index contributed by atoms with van der Waals surface area (Å²) in [4.78, 5) is 2.47. The van der Waals surface area contributed by atoms with Crippen molar-refractivity contribution in [1.82, 2.24) is 4.90 Å². The average Bonchev–Trinajstić information content (AvgIpc) is 2.12. The predicted molar refractivity (Wildman–Crippen MR) is 64.5 cm³/mol. The second kappa shape index (κ2) is 6.83. The standard InChI is InChI=1S/C11H24BrN/c1-6-11(7-12)8-13(5)10(4)9(2)3/h9-11H,6-8H2,1-5H3. The molecule has 0 aromatic carbocycles. The highest BCUT2D eigenvalue weighted by Gasteiger charge is 2.15. The summed E-state index contributed by atoms with van der Waals surface area (Å²) in [6.07, 6.45) is 1.26. The van der Waals surface area contributed by atoms with Crippen molar-refractivity contribution < 1.29 is 0 Å². The van der Waals surface area contributed by atoms with E-state index in [9.17, 15) is 0 Å². The zero-order valence-electron chi connectivity index (χ0n) is 9.68. The molecule has 2 heteroatoms. The molecule has 0 saturated carbocycles. The summed E-state index contributed by atoms with van der Waals surface area (Å²) in [7, 11) is 2.23. The fourth-order valence-corrected chi connectivity index (χ4v) is 2.03. The Morgan fingerprint density at radius 3 is 2.08 bits per heavy atom. The van der Waals surface area contributed by atoms with Crippen molar-refractivity contribution in [3.63, 3.8) is 0 Å². The third-order valence-corrected chi connectivity index (χ3v) is 3.92. The molecule has 0 aliphatic heterocycles. The van der Waals surface area contributed by atoms with E-state index in [-0.39, 0.29) is 0 Å². The van der Waals surface area contributed by atoms with E-state index in [1.165, 1.54) is 13.0 Å². The van der Waals surface area contributed by atoms with E-state index in [4.69, 9.17) is 0 Å². The van der Waals surface area contributed by atoms with Crippen molar-refractivity contribution >= 4 is 15.9 Å². The monoisotopic (exact) mass is 249 g/mol. The molecule has 13 heavy (non-hydrogen) atoms. The molecule has 0 rings (SSSR count). The summed E-state index contributed by atoms with van der Waals surface area (Å²) in [6, 6.07) is 0.688.